The zero-order valence-corrected chi connectivity index (χ0v) is 19.1. The minimum atomic E-state index is -0.483. The summed E-state index contributed by atoms with van der Waals surface area (Å²) in [4.78, 5) is 17.7. The third kappa shape index (κ3) is 3.79. The molecule has 2 aliphatic rings. The van der Waals surface area contributed by atoms with Crippen LogP contribution in [0.5, 0.6) is 23.0 Å². The summed E-state index contributed by atoms with van der Waals surface area (Å²) in [6.07, 6.45) is 2.14. The molecule has 3 aromatic rings. The van der Waals surface area contributed by atoms with E-state index in [9.17, 15) is 9.90 Å². The maximum atomic E-state index is 13.1. The lowest BCUT2D eigenvalue weighted by Crippen LogP contribution is -2.46. The van der Waals surface area contributed by atoms with Crippen molar-refractivity contribution in [2.75, 3.05) is 41.1 Å². The van der Waals surface area contributed by atoms with E-state index in [0.29, 0.717) is 53.1 Å². The SMILES string of the molecule is COc1ccc(-c2oc3c4c(ccc3c(=O)c2O)OCN(C2CCN(C)CC2)C4)c(OC)c1. The van der Waals surface area contributed by atoms with Crippen LogP contribution in [0.3, 0.4) is 0 Å². The summed E-state index contributed by atoms with van der Waals surface area (Å²) in [7, 11) is 5.22. The summed E-state index contributed by atoms with van der Waals surface area (Å²) in [5.74, 6) is 1.35. The fourth-order valence-corrected chi connectivity index (χ4v) is 4.74. The summed E-state index contributed by atoms with van der Waals surface area (Å²) >= 11 is 0. The van der Waals surface area contributed by atoms with Gasteiger partial charge in [-0.1, -0.05) is 0 Å². The normalized spacial score (nSPS) is 17.5. The van der Waals surface area contributed by atoms with Crippen molar-refractivity contribution in [3.05, 3.63) is 46.1 Å². The molecule has 0 amide bonds. The van der Waals surface area contributed by atoms with Gasteiger partial charge in [-0.2, -0.15) is 0 Å². The molecule has 8 heteroatoms. The summed E-state index contributed by atoms with van der Waals surface area (Å²) in [6.45, 7) is 3.23. The topological polar surface area (TPSA) is 84.6 Å². The molecule has 1 fully saturated rings. The molecule has 174 valence electrons. The Morgan fingerprint density at radius 1 is 1.09 bits per heavy atom. The number of hydrogen-bond acceptors (Lipinski definition) is 8. The molecule has 2 aromatic carbocycles. The first-order valence-electron chi connectivity index (χ1n) is 11.1. The Bertz CT molecular complexity index is 1250. The van der Waals surface area contributed by atoms with E-state index < -0.39 is 11.2 Å². The lowest BCUT2D eigenvalue weighted by molar-refractivity contribution is 0.0296. The minimum absolute atomic E-state index is 0.0665. The van der Waals surface area contributed by atoms with E-state index in [0.717, 1.165) is 31.5 Å². The number of hydrogen-bond donors (Lipinski definition) is 1. The largest absolute Gasteiger partial charge is 0.502 e. The van der Waals surface area contributed by atoms with E-state index in [-0.39, 0.29) is 5.76 Å². The maximum Gasteiger partial charge on any atom is 0.235 e. The Morgan fingerprint density at radius 3 is 2.61 bits per heavy atom. The van der Waals surface area contributed by atoms with Crippen LogP contribution >= 0.6 is 0 Å². The molecule has 0 atom stereocenters. The van der Waals surface area contributed by atoms with Crippen molar-refractivity contribution >= 4 is 11.0 Å². The molecule has 0 radical (unpaired) electrons. The van der Waals surface area contributed by atoms with Crippen molar-refractivity contribution in [3.8, 4) is 34.3 Å². The van der Waals surface area contributed by atoms with Gasteiger partial charge in [0.15, 0.2) is 5.76 Å². The van der Waals surface area contributed by atoms with Crippen LogP contribution in [0.15, 0.2) is 39.5 Å². The van der Waals surface area contributed by atoms with E-state index in [2.05, 4.69) is 16.8 Å². The molecule has 8 nitrogen and oxygen atoms in total. The highest BCUT2D eigenvalue weighted by Crippen LogP contribution is 2.41. The Kier molecular flexibility index (Phi) is 5.64. The predicted octanol–water partition coefficient (Wildman–Crippen LogP) is 3.43. The molecule has 1 N–H and O–H groups in total. The second kappa shape index (κ2) is 8.61. The molecular formula is C25H28N2O6. The second-order valence-electron chi connectivity index (χ2n) is 8.65. The van der Waals surface area contributed by atoms with Gasteiger partial charge in [-0.15, -0.1) is 0 Å². The Balaban J connectivity index is 1.61. The molecule has 0 aliphatic carbocycles. The first-order valence-corrected chi connectivity index (χ1v) is 11.1. The Morgan fingerprint density at radius 2 is 1.88 bits per heavy atom. The van der Waals surface area contributed by atoms with Crippen molar-refractivity contribution in [2.24, 2.45) is 0 Å². The van der Waals surface area contributed by atoms with E-state index >= 15 is 0 Å². The molecule has 0 unspecified atom stereocenters. The van der Waals surface area contributed by atoms with Crippen molar-refractivity contribution in [3.63, 3.8) is 0 Å². The minimum Gasteiger partial charge on any atom is -0.502 e. The molecule has 5 rings (SSSR count). The van der Waals surface area contributed by atoms with Crippen molar-refractivity contribution in [1.29, 1.82) is 0 Å². The van der Waals surface area contributed by atoms with Gasteiger partial charge >= 0.3 is 0 Å². The average molecular weight is 453 g/mol. The van der Waals surface area contributed by atoms with Crippen LogP contribution in [0.4, 0.5) is 0 Å². The maximum absolute atomic E-state index is 13.1. The molecule has 0 saturated carbocycles. The van der Waals surface area contributed by atoms with Crippen LogP contribution < -0.4 is 19.6 Å². The number of rotatable bonds is 4. The van der Waals surface area contributed by atoms with Gasteiger partial charge in [0.25, 0.3) is 0 Å². The Labute approximate surface area is 191 Å². The highest BCUT2D eigenvalue weighted by atomic mass is 16.5. The number of fused-ring (bicyclic) bond motifs is 3. The lowest BCUT2D eigenvalue weighted by Gasteiger charge is -2.39. The number of ether oxygens (including phenoxy) is 3. The van der Waals surface area contributed by atoms with Gasteiger partial charge in [-0.3, -0.25) is 9.69 Å². The van der Waals surface area contributed by atoms with Crippen molar-refractivity contribution < 1.29 is 23.7 Å². The first-order chi connectivity index (χ1) is 16.0. The monoisotopic (exact) mass is 452 g/mol. The van der Waals surface area contributed by atoms with Crippen LogP contribution in [0, 0.1) is 0 Å². The number of likely N-dealkylation sites (tertiary alicyclic amines) is 1. The van der Waals surface area contributed by atoms with Gasteiger partial charge in [-0.05, 0) is 57.2 Å². The molecule has 0 spiro atoms. The molecule has 0 bridgehead atoms. The predicted molar refractivity (Wildman–Crippen MR) is 124 cm³/mol. The number of nitrogens with zero attached hydrogens (tertiary/aromatic N) is 2. The zero-order valence-electron chi connectivity index (χ0n) is 19.1. The van der Waals surface area contributed by atoms with Crippen molar-refractivity contribution in [1.82, 2.24) is 9.80 Å². The van der Waals surface area contributed by atoms with E-state index in [1.54, 1.807) is 37.4 Å². The summed E-state index contributed by atoms with van der Waals surface area (Å²) in [5, 5.41) is 11.1. The summed E-state index contributed by atoms with van der Waals surface area (Å²) < 4.78 is 23.0. The van der Waals surface area contributed by atoms with Gasteiger partial charge in [0.2, 0.25) is 11.2 Å². The van der Waals surface area contributed by atoms with E-state index in [1.807, 2.05) is 0 Å². The van der Waals surface area contributed by atoms with E-state index in [4.69, 9.17) is 18.6 Å². The molecule has 2 aliphatic heterocycles. The zero-order chi connectivity index (χ0) is 23.1. The van der Waals surface area contributed by atoms with Gasteiger partial charge < -0.3 is 28.6 Å². The average Bonchev–Trinajstić information content (AvgIpc) is 2.85. The van der Waals surface area contributed by atoms with Gasteiger partial charge in [0.1, 0.15) is 29.6 Å². The van der Waals surface area contributed by atoms with Gasteiger partial charge in [-0.25, -0.2) is 0 Å². The van der Waals surface area contributed by atoms with Crippen LogP contribution in [-0.2, 0) is 6.54 Å². The van der Waals surface area contributed by atoms with Crippen LogP contribution in [0.1, 0.15) is 18.4 Å². The highest BCUT2D eigenvalue weighted by molar-refractivity contribution is 5.87. The third-order valence-electron chi connectivity index (χ3n) is 6.70. The number of piperidine rings is 1. The molecule has 1 aromatic heterocycles. The molecule has 1 saturated heterocycles. The highest BCUT2D eigenvalue weighted by Gasteiger charge is 2.30. The molecule has 3 heterocycles. The summed E-state index contributed by atoms with van der Waals surface area (Å²) in [6, 6.07) is 8.97. The second-order valence-corrected chi connectivity index (χ2v) is 8.65. The third-order valence-corrected chi connectivity index (χ3v) is 6.70. The smallest absolute Gasteiger partial charge is 0.235 e. The van der Waals surface area contributed by atoms with Crippen molar-refractivity contribution in [2.45, 2.75) is 25.4 Å². The van der Waals surface area contributed by atoms with Gasteiger partial charge in [0.05, 0.1) is 30.7 Å². The quantitative estimate of drug-likeness (QED) is 0.645. The Hall–Kier alpha value is -3.23. The number of methoxy groups -OCH3 is 2. The van der Waals surface area contributed by atoms with Crippen LogP contribution in [0.2, 0.25) is 0 Å². The lowest BCUT2D eigenvalue weighted by atomic mass is 10.0. The van der Waals surface area contributed by atoms with Gasteiger partial charge in [0, 0.05) is 18.7 Å². The summed E-state index contributed by atoms with van der Waals surface area (Å²) in [5.41, 5.74) is 1.24. The van der Waals surface area contributed by atoms with Crippen LogP contribution in [-0.4, -0.2) is 62.0 Å². The van der Waals surface area contributed by atoms with E-state index in [1.165, 1.54) is 7.11 Å². The number of aromatic hydroxyl groups is 1. The fraction of sp³-hybridized carbons (Fsp3) is 0.400. The molecular weight excluding hydrogens is 424 g/mol. The standard InChI is InChI=1S/C25H28N2O6/c1-26-10-8-15(9-11-26)27-13-19-20(32-14-27)7-6-18-22(28)23(29)25(33-24(18)19)17-5-4-16(30-2)12-21(17)31-3/h4-7,12,15,29H,8-11,13-14H2,1-3H3. The van der Waals surface area contributed by atoms with Crippen LogP contribution in [0.25, 0.3) is 22.3 Å². The molecule has 33 heavy (non-hydrogen) atoms. The number of benzene rings is 2. The fourth-order valence-electron chi connectivity index (χ4n) is 4.74. The first kappa shape index (κ1) is 21.6.